The van der Waals surface area contributed by atoms with Crippen LogP contribution in [0.4, 0.5) is 0 Å². The third-order valence-electron chi connectivity index (χ3n) is 4.13. The van der Waals surface area contributed by atoms with E-state index in [0.717, 1.165) is 12.0 Å². The Hall–Kier alpha value is -1.14. The second-order valence-corrected chi connectivity index (χ2v) is 5.52. The summed E-state index contributed by atoms with van der Waals surface area (Å²) in [6.07, 6.45) is -0.318. The topological polar surface area (TPSA) is 79.2 Å². The van der Waals surface area contributed by atoms with Gasteiger partial charge in [0.05, 0.1) is 12.2 Å². The van der Waals surface area contributed by atoms with Gasteiger partial charge in [-0.05, 0) is 24.5 Å². The lowest BCUT2D eigenvalue weighted by Crippen LogP contribution is -2.62. The van der Waals surface area contributed by atoms with Crippen LogP contribution >= 0.6 is 0 Å². The number of hydrogen-bond acceptors (Lipinski definition) is 5. The minimum Gasteiger partial charge on any atom is -0.459 e. The summed E-state index contributed by atoms with van der Waals surface area (Å²) in [5.74, 6) is -0.513. The Bertz CT molecular complexity index is 477. The van der Waals surface area contributed by atoms with Crippen molar-refractivity contribution in [2.24, 2.45) is 0 Å². The Kier molecular flexibility index (Phi) is 3.69. The van der Waals surface area contributed by atoms with Gasteiger partial charge in [0.25, 0.3) is 0 Å². The minimum absolute atomic E-state index is 0.0137. The normalized spacial score (nSPS) is 36.5. The van der Waals surface area contributed by atoms with E-state index in [4.69, 9.17) is 14.6 Å². The van der Waals surface area contributed by atoms with Gasteiger partial charge in [0, 0.05) is 19.4 Å². The van der Waals surface area contributed by atoms with E-state index < -0.39 is 18.0 Å². The van der Waals surface area contributed by atoms with E-state index in [1.165, 1.54) is 0 Å². The summed E-state index contributed by atoms with van der Waals surface area (Å²) in [5.41, 5.74) is 1.08. The van der Waals surface area contributed by atoms with Crippen LogP contribution in [0.2, 0.25) is 0 Å². The number of rotatable bonds is 2. The van der Waals surface area contributed by atoms with Gasteiger partial charge in [-0.15, -0.1) is 0 Å². The van der Waals surface area contributed by atoms with Crippen LogP contribution in [0.25, 0.3) is 0 Å². The molecule has 0 amide bonds. The molecule has 0 aliphatic carbocycles. The molecule has 3 rings (SSSR count). The molecule has 20 heavy (non-hydrogen) atoms. The van der Waals surface area contributed by atoms with Crippen molar-refractivity contribution in [2.45, 2.75) is 49.8 Å². The van der Waals surface area contributed by atoms with Crippen molar-refractivity contribution in [1.29, 1.82) is 0 Å². The first-order chi connectivity index (χ1) is 9.64. The Morgan fingerprint density at radius 2 is 2.05 bits per heavy atom. The molecule has 0 bridgehead atoms. The standard InChI is InChI=1S/C15H20O5/c16-8-6-11-9-12(17)14(18)15(19-11)7-5-10-3-1-2-4-13(10)20-15/h1-4,11-12,14,16-18H,5-9H2/t11-,12-,14+,15+/m1/s1. The number of ether oxygens (including phenoxy) is 2. The SMILES string of the molecule is OCC[C@@H]1C[C@@H](O)[C@H](O)[C@@]2(CCc3ccccc3O2)O1. The maximum absolute atomic E-state index is 10.3. The van der Waals surface area contributed by atoms with Crippen molar-refractivity contribution in [3.63, 3.8) is 0 Å². The molecule has 110 valence electrons. The second kappa shape index (κ2) is 5.33. The fourth-order valence-corrected chi connectivity index (χ4v) is 3.06. The lowest BCUT2D eigenvalue weighted by molar-refractivity contribution is -0.315. The zero-order valence-corrected chi connectivity index (χ0v) is 11.2. The van der Waals surface area contributed by atoms with Gasteiger partial charge in [-0.3, -0.25) is 0 Å². The van der Waals surface area contributed by atoms with Crippen molar-refractivity contribution >= 4 is 0 Å². The summed E-state index contributed by atoms with van der Waals surface area (Å²) >= 11 is 0. The summed E-state index contributed by atoms with van der Waals surface area (Å²) in [6.45, 7) is -0.0137. The molecule has 0 unspecified atom stereocenters. The van der Waals surface area contributed by atoms with Crippen LogP contribution < -0.4 is 4.74 Å². The molecule has 3 N–H and O–H groups in total. The average Bonchev–Trinajstić information content (AvgIpc) is 2.45. The van der Waals surface area contributed by atoms with E-state index in [-0.39, 0.29) is 12.7 Å². The fraction of sp³-hybridized carbons (Fsp3) is 0.600. The third-order valence-corrected chi connectivity index (χ3v) is 4.13. The van der Waals surface area contributed by atoms with Crippen LogP contribution in [-0.4, -0.2) is 46.0 Å². The quantitative estimate of drug-likeness (QED) is 0.739. The average molecular weight is 280 g/mol. The highest BCUT2D eigenvalue weighted by atomic mass is 16.7. The molecule has 1 aromatic rings. The van der Waals surface area contributed by atoms with Gasteiger partial charge < -0.3 is 24.8 Å². The number of benzene rings is 1. The maximum atomic E-state index is 10.3. The Labute approximate surface area is 117 Å². The van der Waals surface area contributed by atoms with E-state index in [1.54, 1.807) is 0 Å². The molecule has 4 atom stereocenters. The Morgan fingerprint density at radius 3 is 2.85 bits per heavy atom. The van der Waals surface area contributed by atoms with Crippen LogP contribution in [0.5, 0.6) is 5.75 Å². The zero-order chi connectivity index (χ0) is 14.2. The molecule has 2 heterocycles. The fourth-order valence-electron chi connectivity index (χ4n) is 3.06. The van der Waals surface area contributed by atoms with Crippen LogP contribution in [0.1, 0.15) is 24.8 Å². The van der Waals surface area contributed by atoms with Gasteiger partial charge in [0.2, 0.25) is 5.79 Å². The van der Waals surface area contributed by atoms with Crippen LogP contribution in [0.15, 0.2) is 24.3 Å². The van der Waals surface area contributed by atoms with Gasteiger partial charge in [-0.2, -0.15) is 0 Å². The molecule has 0 radical (unpaired) electrons. The first-order valence-electron chi connectivity index (χ1n) is 7.06. The molecule has 1 saturated heterocycles. The van der Waals surface area contributed by atoms with E-state index in [2.05, 4.69) is 0 Å². The minimum atomic E-state index is -1.20. The van der Waals surface area contributed by atoms with Crippen molar-refractivity contribution in [1.82, 2.24) is 0 Å². The maximum Gasteiger partial charge on any atom is 0.239 e. The smallest absolute Gasteiger partial charge is 0.239 e. The van der Waals surface area contributed by atoms with Crippen LogP contribution in [-0.2, 0) is 11.2 Å². The van der Waals surface area contributed by atoms with E-state index in [1.807, 2.05) is 24.3 Å². The van der Waals surface area contributed by atoms with Crippen molar-refractivity contribution in [2.75, 3.05) is 6.61 Å². The Morgan fingerprint density at radius 1 is 1.25 bits per heavy atom. The van der Waals surface area contributed by atoms with E-state index >= 15 is 0 Å². The van der Waals surface area contributed by atoms with Gasteiger partial charge in [0.15, 0.2) is 0 Å². The molecule has 2 aliphatic rings. The molecule has 5 heteroatoms. The van der Waals surface area contributed by atoms with Crippen molar-refractivity contribution < 1.29 is 24.8 Å². The zero-order valence-electron chi connectivity index (χ0n) is 11.2. The number of aliphatic hydroxyl groups is 3. The van der Waals surface area contributed by atoms with E-state index in [9.17, 15) is 10.2 Å². The predicted octanol–water partition coefficient (Wildman–Crippen LogP) is 0.601. The number of fused-ring (bicyclic) bond motifs is 1. The molecule has 0 aromatic heterocycles. The van der Waals surface area contributed by atoms with Gasteiger partial charge in [-0.1, -0.05) is 18.2 Å². The molecular formula is C15H20O5. The molecule has 1 spiro atoms. The number of hydrogen-bond donors (Lipinski definition) is 3. The molecular weight excluding hydrogens is 260 g/mol. The first kappa shape index (κ1) is 13.8. The highest BCUT2D eigenvalue weighted by Crippen LogP contribution is 2.41. The number of para-hydroxylation sites is 1. The molecule has 1 aromatic carbocycles. The summed E-state index contributed by atoms with van der Waals surface area (Å²) < 4.78 is 11.8. The van der Waals surface area contributed by atoms with Gasteiger partial charge in [-0.25, -0.2) is 0 Å². The summed E-state index contributed by atoms with van der Waals surface area (Å²) in [4.78, 5) is 0. The van der Waals surface area contributed by atoms with Crippen LogP contribution in [0.3, 0.4) is 0 Å². The number of aliphatic hydroxyl groups excluding tert-OH is 3. The summed E-state index contributed by atoms with van der Waals surface area (Å²) in [5, 5.41) is 29.4. The Balaban J connectivity index is 1.87. The van der Waals surface area contributed by atoms with Crippen LogP contribution in [0, 0.1) is 0 Å². The number of aryl methyl sites for hydroxylation is 1. The van der Waals surface area contributed by atoms with Crippen molar-refractivity contribution in [3.05, 3.63) is 29.8 Å². The summed E-state index contributed by atoms with van der Waals surface area (Å²) in [7, 11) is 0. The van der Waals surface area contributed by atoms with Gasteiger partial charge in [0.1, 0.15) is 11.9 Å². The highest BCUT2D eigenvalue weighted by molar-refractivity contribution is 5.36. The predicted molar refractivity (Wildman–Crippen MR) is 71.3 cm³/mol. The lowest BCUT2D eigenvalue weighted by Gasteiger charge is -2.48. The molecule has 2 aliphatic heterocycles. The third kappa shape index (κ3) is 2.31. The second-order valence-electron chi connectivity index (χ2n) is 5.52. The largest absolute Gasteiger partial charge is 0.459 e. The molecule has 0 saturated carbocycles. The first-order valence-corrected chi connectivity index (χ1v) is 7.06. The highest BCUT2D eigenvalue weighted by Gasteiger charge is 2.52. The summed E-state index contributed by atoms with van der Waals surface area (Å²) in [6, 6.07) is 7.64. The monoisotopic (exact) mass is 280 g/mol. The molecule has 1 fully saturated rings. The molecule has 5 nitrogen and oxygen atoms in total. The van der Waals surface area contributed by atoms with E-state index in [0.29, 0.717) is 25.0 Å². The lowest BCUT2D eigenvalue weighted by atomic mass is 9.88. The van der Waals surface area contributed by atoms with Crippen molar-refractivity contribution in [3.8, 4) is 5.75 Å². The van der Waals surface area contributed by atoms with Gasteiger partial charge >= 0.3 is 0 Å².